The van der Waals surface area contributed by atoms with Crippen LogP contribution in [0.4, 0.5) is 0 Å². The normalized spacial score (nSPS) is 11.8. The van der Waals surface area contributed by atoms with Crippen molar-refractivity contribution in [3.05, 3.63) is 68.6 Å². The Morgan fingerprint density at radius 3 is 2.43 bits per heavy atom. The number of nitrogens with zero attached hydrogens (tertiary/aromatic N) is 1. The van der Waals surface area contributed by atoms with Crippen LogP contribution in [0, 0.1) is 6.92 Å². The van der Waals surface area contributed by atoms with E-state index in [9.17, 15) is 13.2 Å². The van der Waals surface area contributed by atoms with Crippen molar-refractivity contribution in [2.24, 2.45) is 0 Å². The highest BCUT2D eigenvalue weighted by Crippen LogP contribution is 2.13. The summed E-state index contributed by atoms with van der Waals surface area (Å²) in [6.07, 6.45) is 3.35. The van der Waals surface area contributed by atoms with E-state index in [0.717, 1.165) is 10.3 Å². The van der Waals surface area contributed by atoms with Crippen molar-refractivity contribution in [2.45, 2.75) is 13.8 Å². The summed E-state index contributed by atoms with van der Waals surface area (Å²) in [6.45, 7) is 3.19. The molecule has 2 rings (SSSR count). The van der Waals surface area contributed by atoms with Crippen LogP contribution >= 0.6 is 11.6 Å². The smallest absolute Gasteiger partial charge is 0.284 e. The first-order valence-electron chi connectivity index (χ1n) is 6.91. The van der Waals surface area contributed by atoms with Crippen molar-refractivity contribution in [1.82, 2.24) is 4.73 Å². The number of halogens is 1. The molecule has 0 saturated heterocycles. The molecule has 1 aromatic carbocycles. The Morgan fingerprint density at radius 1 is 1.17 bits per heavy atom. The summed E-state index contributed by atoms with van der Waals surface area (Å²) in [5, 5.41) is 0.618. The molecular weight excluding hydrogens is 338 g/mol. The lowest BCUT2D eigenvalue weighted by Crippen LogP contribution is -2.33. The monoisotopic (exact) mass is 353 g/mol. The third kappa shape index (κ3) is 4.71. The summed E-state index contributed by atoms with van der Waals surface area (Å²) in [7, 11) is -3.81. The minimum Gasteiger partial charge on any atom is -0.284 e. The molecule has 0 N–H and O–H groups in total. The third-order valence-corrected chi connectivity index (χ3v) is 4.35. The largest absolute Gasteiger partial charge is 0.326 e. The van der Waals surface area contributed by atoms with Crippen LogP contribution in [0.5, 0.6) is 0 Å². The maximum absolute atomic E-state index is 12.0. The van der Waals surface area contributed by atoms with Crippen LogP contribution in [0.25, 0.3) is 12.2 Å². The second-order valence-corrected chi connectivity index (χ2v) is 7.17. The molecule has 122 valence electrons. The molecule has 0 radical (unpaired) electrons. The van der Waals surface area contributed by atoms with Gasteiger partial charge in [-0.25, -0.2) is 0 Å². The van der Waals surface area contributed by atoms with E-state index in [1.54, 1.807) is 49.4 Å². The molecule has 0 amide bonds. The first-order chi connectivity index (χ1) is 10.8. The van der Waals surface area contributed by atoms with Gasteiger partial charge in [0.1, 0.15) is 0 Å². The standard InChI is InChI=1S/C16H16ClNO4S/c1-3-23(20,21)22-18-15(10-12(2)11-16(18)19)9-6-13-4-7-14(17)8-5-13/h4-11H,3H2,1-2H3/b9-6+. The molecule has 1 heterocycles. The van der Waals surface area contributed by atoms with Crippen LogP contribution in [0.3, 0.4) is 0 Å². The van der Waals surface area contributed by atoms with E-state index in [4.69, 9.17) is 15.9 Å². The molecule has 0 spiro atoms. The highest BCUT2D eigenvalue weighted by molar-refractivity contribution is 7.86. The van der Waals surface area contributed by atoms with Crippen molar-refractivity contribution in [3.8, 4) is 0 Å². The molecule has 0 aliphatic carbocycles. The molecule has 23 heavy (non-hydrogen) atoms. The fraction of sp³-hybridized carbons (Fsp3) is 0.188. The molecule has 2 aromatic rings. The van der Waals surface area contributed by atoms with E-state index in [-0.39, 0.29) is 5.75 Å². The van der Waals surface area contributed by atoms with Crippen LogP contribution in [-0.4, -0.2) is 18.9 Å². The van der Waals surface area contributed by atoms with Gasteiger partial charge in [-0.1, -0.05) is 29.8 Å². The number of aryl methyl sites for hydroxylation is 1. The van der Waals surface area contributed by atoms with E-state index in [2.05, 4.69) is 0 Å². The Labute approximate surface area is 139 Å². The maximum atomic E-state index is 12.0. The van der Waals surface area contributed by atoms with Crippen molar-refractivity contribution in [1.29, 1.82) is 0 Å². The second-order valence-electron chi connectivity index (χ2n) is 4.90. The number of aromatic nitrogens is 1. The van der Waals surface area contributed by atoms with E-state index in [1.807, 2.05) is 0 Å². The predicted octanol–water partition coefficient (Wildman–Crippen LogP) is 2.76. The highest BCUT2D eigenvalue weighted by Gasteiger charge is 2.13. The summed E-state index contributed by atoms with van der Waals surface area (Å²) >= 11 is 5.83. The van der Waals surface area contributed by atoms with Crippen molar-refractivity contribution < 1.29 is 12.7 Å². The quantitative estimate of drug-likeness (QED) is 0.829. The van der Waals surface area contributed by atoms with Gasteiger partial charge < -0.3 is 0 Å². The van der Waals surface area contributed by atoms with Gasteiger partial charge in [0.15, 0.2) is 0 Å². The first kappa shape index (κ1) is 17.3. The zero-order chi connectivity index (χ0) is 17.0. The summed E-state index contributed by atoms with van der Waals surface area (Å²) < 4.78 is 29.0. The van der Waals surface area contributed by atoms with Gasteiger partial charge in [-0.05, 0) is 49.2 Å². The number of pyridine rings is 1. The number of hydrogen-bond acceptors (Lipinski definition) is 4. The zero-order valence-corrected chi connectivity index (χ0v) is 14.3. The lowest BCUT2D eigenvalue weighted by atomic mass is 10.2. The Balaban J connectivity index is 2.44. The summed E-state index contributed by atoms with van der Waals surface area (Å²) in [5.41, 5.74) is 1.35. The molecular formula is C16H16ClNO4S. The van der Waals surface area contributed by atoms with Crippen LogP contribution in [0.2, 0.25) is 5.02 Å². The average Bonchev–Trinajstić information content (AvgIpc) is 2.50. The van der Waals surface area contributed by atoms with Gasteiger partial charge in [-0.3, -0.25) is 9.08 Å². The molecule has 0 unspecified atom stereocenters. The summed E-state index contributed by atoms with van der Waals surface area (Å²) in [6, 6.07) is 10.1. The van der Waals surface area contributed by atoms with E-state index in [0.29, 0.717) is 16.3 Å². The maximum Gasteiger partial charge on any atom is 0.326 e. The minimum atomic E-state index is -3.81. The first-order valence-corrected chi connectivity index (χ1v) is 8.86. The molecule has 0 bridgehead atoms. The summed E-state index contributed by atoms with van der Waals surface area (Å²) in [4.78, 5) is 12.0. The van der Waals surface area contributed by atoms with Gasteiger partial charge in [-0.15, -0.1) is 4.73 Å². The van der Waals surface area contributed by atoms with Crippen molar-refractivity contribution >= 4 is 33.9 Å². The minimum absolute atomic E-state index is 0.229. The number of benzene rings is 1. The van der Waals surface area contributed by atoms with Crippen LogP contribution < -0.4 is 9.84 Å². The lowest BCUT2D eigenvalue weighted by Gasteiger charge is -2.11. The fourth-order valence-electron chi connectivity index (χ4n) is 1.83. The molecule has 7 heteroatoms. The highest BCUT2D eigenvalue weighted by atomic mass is 35.5. The van der Waals surface area contributed by atoms with E-state index >= 15 is 0 Å². The van der Waals surface area contributed by atoms with Gasteiger partial charge in [0.25, 0.3) is 5.56 Å². The Morgan fingerprint density at radius 2 is 1.83 bits per heavy atom. The Kier molecular flexibility index (Phi) is 5.28. The van der Waals surface area contributed by atoms with Gasteiger partial charge in [-0.2, -0.15) is 8.42 Å². The Hall–Kier alpha value is -2.05. The molecule has 0 saturated carbocycles. The lowest BCUT2D eigenvalue weighted by molar-refractivity contribution is 0.265. The zero-order valence-electron chi connectivity index (χ0n) is 12.7. The molecule has 0 fully saturated rings. The molecule has 5 nitrogen and oxygen atoms in total. The number of hydrogen-bond donors (Lipinski definition) is 0. The van der Waals surface area contributed by atoms with E-state index < -0.39 is 15.7 Å². The van der Waals surface area contributed by atoms with Crippen LogP contribution in [-0.2, 0) is 10.1 Å². The van der Waals surface area contributed by atoms with Gasteiger partial charge in [0.2, 0.25) is 0 Å². The predicted molar refractivity (Wildman–Crippen MR) is 91.9 cm³/mol. The number of rotatable bonds is 5. The molecule has 0 atom stereocenters. The van der Waals surface area contributed by atoms with Gasteiger partial charge in [0, 0.05) is 11.1 Å². The third-order valence-electron chi connectivity index (χ3n) is 3.02. The van der Waals surface area contributed by atoms with Crippen LogP contribution in [0.15, 0.2) is 41.2 Å². The van der Waals surface area contributed by atoms with Crippen molar-refractivity contribution in [2.75, 3.05) is 5.75 Å². The summed E-state index contributed by atoms with van der Waals surface area (Å²) in [5.74, 6) is -0.229. The second kappa shape index (κ2) is 7.02. The Bertz CT molecular complexity index is 883. The fourth-order valence-corrected chi connectivity index (χ4v) is 2.45. The SMILES string of the molecule is CCS(=O)(=O)On1c(/C=C/c2ccc(Cl)cc2)cc(C)cc1=O. The molecule has 0 aliphatic heterocycles. The van der Waals surface area contributed by atoms with Crippen molar-refractivity contribution in [3.63, 3.8) is 0 Å². The van der Waals surface area contributed by atoms with Crippen LogP contribution in [0.1, 0.15) is 23.7 Å². The van der Waals surface area contributed by atoms with E-state index in [1.165, 1.54) is 13.0 Å². The molecule has 1 aromatic heterocycles. The van der Waals surface area contributed by atoms with Gasteiger partial charge >= 0.3 is 10.1 Å². The van der Waals surface area contributed by atoms with Gasteiger partial charge in [0.05, 0.1) is 11.4 Å². The molecule has 0 aliphatic rings. The average molecular weight is 354 g/mol. The topological polar surface area (TPSA) is 65.4 Å².